The number of halogens is 2. The third-order valence-corrected chi connectivity index (χ3v) is 3.40. The molecule has 0 bridgehead atoms. The SMILES string of the molecule is NC(=S)c1ccccc1OCCOc1ccc(Cl)cc1Cl. The lowest BCUT2D eigenvalue weighted by atomic mass is 10.2. The van der Waals surface area contributed by atoms with Gasteiger partial charge in [-0.05, 0) is 30.3 Å². The van der Waals surface area contributed by atoms with Crippen molar-refractivity contribution in [3.63, 3.8) is 0 Å². The highest BCUT2D eigenvalue weighted by Crippen LogP contribution is 2.27. The molecule has 2 aromatic rings. The van der Waals surface area contributed by atoms with E-state index >= 15 is 0 Å². The summed E-state index contributed by atoms with van der Waals surface area (Å²) in [6.07, 6.45) is 0. The van der Waals surface area contributed by atoms with Crippen LogP contribution in [0.5, 0.6) is 11.5 Å². The number of para-hydroxylation sites is 1. The van der Waals surface area contributed by atoms with Crippen molar-refractivity contribution in [3.8, 4) is 11.5 Å². The summed E-state index contributed by atoms with van der Waals surface area (Å²) in [6.45, 7) is 0.686. The van der Waals surface area contributed by atoms with Gasteiger partial charge in [-0.3, -0.25) is 0 Å². The van der Waals surface area contributed by atoms with Gasteiger partial charge >= 0.3 is 0 Å². The Balaban J connectivity index is 1.89. The standard InChI is InChI=1S/C15H13Cl2NO2S/c16-10-5-6-14(12(17)9-10)20-8-7-19-13-4-2-1-3-11(13)15(18)21/h1-6,9H,7-8H2,(H2,18,21). The van der Waals surface area contributed by atoms with E-state index < -0.39 is 0 Å². The first-order valence-electron chi connectivity index (χ1n) is 6.17. The molecule has 21 heavy (non-hydrogen) atoms. The van der Waals surface area contributed by atoms with E-state index in [1.807, 2.05) is 24.3 Å². The van der Waals surface area contributed by atoms with E-state index in [0.29, 0.717) is 45.3 Å². The van der Waals surface area contributed by atoms with Crippen LogP contribution < -0.4 is 15.2 Å². The minimum atomic E-state index is 0.298. The second kappa shape index (κ2) is 7.50. The average molecular weight is 342 g/mol. The Labute approximate surface area is 138 Å². The molecule has 0 unspecified atom stereocenters. The van der Waals surface area contributed by atoms with Crippen LogP contribution in [0.4, 0.5) is 0 Å². The summed E-state index contributed by atoms with van der Waals surface area (Å²) in [5.74, 6) is 1.20. The molecule has 0 saturated carbocycles. The van der Waals surface area contributed by atoms with Crippen molar-refractivity contribution >= 4 is 40.4 Å². The molecule has 2 N–H and O–H groups in total. The molecular weight excluding hydrogens is 329 g/mol. The average Bonchev–Trinajstić information content (AvgIpc) is 2.45. The lowest BCUT2D eigenvalue weighted by Crippen LogP contribution is -2.14. The summed E-state index contributed by atoms with van der Waals surface area (Å²) in [7, 11) is 0. The van der Waals surface area contributed by atoms with Crippen LogP contribution in [0.1, 0.15) is 5.56 Å². The van der Waals surface area contributed by atoms with Gasteiger partial charge in [0.2, 0.25) is 0 Å². The molecule has 0 radical (unpaired) electrons. The molecule has 0 aliphatic carbocycles. The molecule has 6 heteroatoms. The number of ether oxygens (including phenoxy) is 2. The van der Waals surface area contributed by atoms with E-state index in [-0.39, 0.29) is 0 Å². The third-order valence-electron chi connectivity index (χ3n) is 2.64. The van der Waals surface area contributed by atoms with Crippen LogP contribution in [0.3, 0.4) is 0 Å². The van der Waals surface area contributed by atoms with Crippen LogP contribution in [-0.2, 0) is 0 Å². The minimum absolute atomic E-state index is 0.298. The molecule has 2 rings (SSSR count). The fourth-order valence-corrected chi connectivity index (χ4v) is 2.32. The molecule has 0 aliphatic heterocycles. The minimum Gasteiger partial charge on any atom is -0.489 e. The van der Waals surface area contributed by atoms with E-state index in [1.165, 1.54) is 0 Å². The van der Waals surface area contributed by atoms with Crippen LogP contribution in [-0.4, -0.2) is 18.2 Å². The second-order valence-corrected chi connectivity index (χ2v) is 5.42. The summed E-state index contributed by atoms with van der Waals surface area (Å²) in [4.78, 5) is 0.298. The predicted molar refractivity (Wildman–Crippen MR) is 89.8 cm³/mol. The lowest BCUT2D eigenvalue weighted by Gasteiger charge is -2.12. The third kappa shape index (κ3) is 4.49. The van der Waals surface area contributed by atoms with E-state index in [9.17, 15) is 0 Å². The number of hydrogen-bond donors (Lipinski definition) is 1. The number of benzene rings is 2. The van der Waals surface area contributed by atoms with Crippen molar-refractivity contribution in [3.05, 3.63) is 58.1 Å². The molecule has 0 fully saturated rings. The highest BCUT2D eigenvalue weighted by atomic mass is 35.5. The van der Waals surface area contributed by atoms with Crippen molar-refractivity contribution < 1.29 is 9.47 Å². The summed E-state index contributed by atoms with van der Waals surface area (Å²) in [5, 5.41) is 1.03. The summed E-state index contributed by atoms with van der Waals surface area (Å²) < 4.78 is 11.2. The first kappa shape index (κ1) is 15.9. The Morgan fingerprint density at radius 2 is 1.67 bits per heavy atom. The normalized spacial score (nSPS) is 10.2. The van der Waals surface area contributed by atoms with E-state index in [2.05, 4.69) is 0 Å². The number of thiocarbonyl (C=S) groups is 1. The van der Waals surface area contributed by atoms with Crippen molar-refractivity contribution in [2.45, 2.75) is 0 Å². The fourth-order valence-electron chi connectivity index (χ4n) is 1.69. The van der Waals surface area contributed by atoms with Crippen LogP contribution in [0.25, 0.3) is 0 Å². The van der Waals surface area contributed by atoms with Gasteiger partial charge in [-0.2, -0.15) is 0 Å². The fraction of sp³-hybridized carbons (Fsp3) is 0.133. The molecule has 0 saturated heterocycles. The van der Waals surface area contributed by atoms with Crippen molar-refractivity contribution in [2.75, 3.05) is 13.2 Å². The van der Waals surface area contributed by atoms with Crippen molar-refractivity contribution in [2.24, 2.45) is 5.73 Å². The maximum Gasteiger partial charge on any atom is 0.138 e. The molecule has 110 valence electrons. The molecule has 0 aromatic heterocycles. The van der Waals surface area contributed by atoms with E-state index in [1.54, 1.807) is 18.2 Å². The topological polar surface area (TPSA) is 44.5 Å². The van der Waals surface area contributed by atoms with Crippen molar-refractivity contribution in [1.82, 2.24) is 0 Å². The maximum absolute atomic E-state index is 6.01. The van der Waals surface area contributed by atoms with Gasteiger partial charge in [0.05, 0.1) is 10.6 Å². The van der Waals surface area contributed by atoms with Crippen LogP contribution in [0.2, 0.25) is 10.0 Å². The number of nitrogens with two attached hydrogens (primary N) is 1. The largest absolute Gasteiger partial charge is 0.489 e. The number of rotatable bonds is 6. The molecule has 0 aliphatic rings. The maximum atomic E-state index is 6.01. The highest BCUT2D eigenvalue weighted by molar-refractivity contribution is 7.80. The van der Waals surface area contributed by atoms with Gasteiger partial charge in [0.25, 0.3) is 0 Å². The van der Waals surface area contributed by atoms with Crippen LogP contribution in [0.15, 0.2) is 42.5 Å². The van der Waals surface area contributed by atoms with Gasteiger partial charge in [-0.15, -0.1) is 0 Å². The zero-order valence-electron chi connectivity index (χ0n) is 11.0. The smallest absolute Gasteiger partial charge is 0.138 e. The Morgan fingerprint density at radius 3 is 2.33 bits per heavy atom. The molecular formula is C15H13Cl2NO2S. The first-order valence-corrected chi connectivity index (χ1v) is 7.34. The molecule has 0 heterocycles. The van der Waals surface area contributed by atoms with Gasteiger partial charge in [-0.1, -0.05) is 47.6 Å². The number of hydrogen-bond acceptors (Lipinski definition) is 3. The Kier molecular flexibility index (Phi) is 5.67. The Bertz CT molecular complexity index is 649. The molecule has 2 aromatic carbocycles. The first-order chi connectivity index (χ1) is 10.1. The highest BCUT2D eigenvalue weighted by Gasteiger charge is 2.06. The molecule has 0 spiro atoms. The monoisotopic (exact) mass is 341 g/mol. The summed E-state index contributed by atoms with van der Waals surface area (Å²) in [6, 6.07) is 12.4. The van der Waals surface area contributed by atoms with Crippen LogP contribution in [0, 0.1) is 0 Å². The lowest BCUT2D eigenvalue weighted by molar-refractivity contribution is 0.217. The molecule has 0 amide bonds. The van der Waals surface area contributed by atoms with E-state index in [0.717, 1.165) is 0 Å². The van der Waals surface area contributed by atoms with Crippen LogP contribution >= 0.6 is 35.4 Å². The Hall–Kier alpha value is -1.49. The van der Waals surface area contributed by atoms with Gasteiger partial charge < -0.3 is 15.2 Å². The van der Waals surface area contributed by atoms with Gasteiger partial charge in [0, 0.05) is 5.02 Å². The quantitative estimate of drug-likeness (QED) is 0.634. The summed E-state index contributed by atoms with van der Waals surface area (Å²) >= 11 is 16.8. The van der Waals surface area contributed by atoms with Crippen molar-refractivity contribution in [1.29, 1.82) is 0 Å². The predicted octanol–water partition coefficient (Wildman–Crippen LogP) is 4.09. The Morgan fingerprint density at radius 1 is 1.00 bits per heavy atom. The molecule has 3 nitrogen and oxygen atoms in total. The summed E-state index contributed by atoms with van der Waals surface area (Å²) in [5.41, 5.74) is 6.34. The van der Waals surface area contributed by atoms with Gasteiger partial charge in [0.1, 0.15) is 29.7 Å². The van der Waals surface area contributed by atoms with Gasteiger partial charge in [-0.25, -0.2) is 0 Å². The van der Waals surface area contributed by atoms with E-state index in [4.69, 9.17) is 50.6 Å². The van der Waals surface area contributed by atoms with Gasteiger partial charge in [0.15, 0.2) is 0 Å². The zero-order chi connectivity index (χ0) is 15.2. The second-order valence-electron chi connectivity index (χ2n) is 4.13. The zero-order valence-corrected chi connectivity index (χ0v) is 13.3. The molecule has 0 atom stereocenters.